The van der Waals surface area contributed by atoms with Crippen molar-refractivity contribution < 1.29 is 13.2 Å². The normalized spacial score (nSPS) is 11.3. The van der Waals surface area contributed by atoms with Crippen LogP contribution in [0, 0.1) is 0 Å². The summed E-state index contributed by atoms with van der Waals surface area (Å²) in [5.41, 5.74) is 1.42. The van der Waals surface area contributed by atoms with Crippen LogP contribution in [-0.2, 0) is 6.18 Å². The minimum absolute atomic E-state index is 0.638. The second kappa shape index (κ2) is 4.64. The minimum Gasteiger partial charge on any atom is -0.251 e. The third-order valence-corrected chi connectivity index (χ3v) is 2.55. The van der Waals surface area contributed by atoms with Gasteiger partial charge in [0.15, 0.2) is 0 Å². The number of benzene rings is 1. The third kappa shape index (κ3) is 2.42. The fourth-order valence-electron chi connectivity index (χ4n) is 1.66. The lowest BCUT2D eigenvalue weighted by atomic mass is 10.0. The van der Waals surface area contributed by atoms with Gasteiger partial charge < -0.3 is 0 Å². The van der Waals surface area contributed by atoms with E-state index < -0.39 is 11.9 Å². The lowest BCUT2D eigenvalue weighted by molar-refractivity contribution is -0.141. The molecule has 0 saturated heterocycles. The summed E-state index contributed by atoms with van der Waals surface area (Å²) in [6.45, 7) is 3.67. The number of hydrogen-bond acceptors (Lipinski definition) is 1. The molecule has 0 saturated carbocycles. The number of aromatic nitrogens is 1. The van der Waals surface area contributed by atoms with Crippen molar-refractivity contribution in [3.8, 4) is 11.1 Å². The third-order valence-electron chi connectivity index (χ3n) is 2.55. The van der Waals surface area contributed by atoms with Crippen molar-refractivity contribution >= 4 is 6.08 Å². The summed E-state index contributed by atoms with van der Waals surface area (Å²) >= 11 is 0. The van der Waals surface area contributed by atoms with E-state index in [2.05, 4.69) is 11.6 Å². The summed E-state index contributed by atoms with van der Waals surface area (Å²) in [5.74, 6) is 0. The van der Waals surface area contributed by atoms with Crippen LogP contribution in [0.15, 0.2) is 49.2 Å². The SMILES string of the molecule is C=Cc1ccccc1-c1ccc(C(F)(F)F)nc1. The van der Waals surface area contributed by atoms with Crippen molar-refractivity contribution in [2.45, 2.75) is 6.18 Å². The first-order chi connectivity index (χ1) is 8.52. The number of hydrogen-bond donors (Lipinski definition) is 0. The summed E-state index contributed by atoms with van der Waals surface area (Å²) in [4.78, 5) is 3.44. The van der Waals surface area contributed by atoms with E-state index in [0.29, 0.717) is 5.56 Å². The first-order valence-corrected chi connectivity index (χ1v) is 5.27. The Labute approximate surface area is 103 Å². The molecule has 0 amide bonds. The number of pyridine rings is 1. The van der Waals surface area contributed by atoms with Crippen LogP contribution in [0.4, 0.5) is 13.2 Å². The highest BCUT2D eigenvalue weighted by atomic mass is 19.4. The average Bonchev–Trinajstić information content (AvgIpc) is 2.38. The maximum absolute atomic E-state index is 12.4. The maximum atomic E-state index is 12.4. The average molecular weight is 249 g/mol. The van der Waals surface area contributed by atoms with Crippen LogP contribution < -0.4 is 0 Å². The molecule has 0 aliphatic carbocycles. The van der Waals surface area contributed by atoms with Gasteiger partial charge in [0, 0.05) is 11.8 Å². The summed E-state index contributed by atoms with van der Waals surface area (Å²) in [5, 5.41) is 0. The van der Waals surface area contributed by atoms with Crippen LogP contribution in [0.1, 0.15) is 11.3 Å². The fourth-order valence-corrected chi connectivity index (χ4v) is 1.66. The van der Waals surface area contributed by atoms with E-state index in [1.165, 1.54) is 12.3 Å². The Balaban J connectivity index is 2.44. The Morgan fingerprint density at radius 1 is 1.06 bits per heavy atom. The van der Waals surface area contributed by atoms with E-state index in [9.17, 15) is 13.2 Å². The van der Waals surface area contributed by atoms with Crippen LogP contribution in [-0.4, -0.2) is 4.98 Å². The molecule has 92 valence electrons. The van der Waals surface area contributed by atoms with Gasteiger partial charge in [0.25, 0.3) is 0 Å². The lowest BCUT2D eigenvalue weighted by Crippen LogP contribution is -2.07. The molecule has 1 heterocycles. The van der Waals surface area contributed by atoms with Gasteiger partial charge in [0.2, 0.25) is 0 Å². The molecule has 0 N–H and O–H groups in total. The van der Waals surface area contributed by atoms with Crippen molar-refractivity contribution in [1.29, 1.82) is 0 Å². The smallest absolute Gasteiger partial charge is 0.251 e. The quantitative estimate of drug-likeness (QED) is 0.768. The van der Waals surface area contributed by atoms with Gasteiger partial charge in [-0.3, -0.25) is 4.98 Å². The zero-order valence-corrected chi connectivity index (χ0v) is 9.41. The Morgan fingerprint density at radius 3 is 2.33 bits per heavy atom. The van der Waals surface area contributed by atoms with Gasteiger partial charge in [0.1, 0.15) is 5.69 Å². The zero-order chi connectivity index (χ0) is 13.2. The predicted molar refractivity (Wildman–Crippen MR) is 64.8 cm³/mol. The molecule has 0 radical (unpaired) electrons. The van der Waals surface area contributed by atoms with Gasteiger partial charge in [-0.15, -0.1) is 0 Å². The van der Waals surface area contributed by atoms with Crippen molar-refractivity contribution in [3.05, 3.63) is 60.4 Å². The van der Waals surface area contributed by atoms with Crippen LogP contribution in [0.25, 0.3) is 17.2 Å². The largest absolute Gasteiger partial charge is 0.433 e. The number of alkyl halides is 3. The molecular weight excluding hydrogens is 239 g/mol. The summed E-state index contributed by atoms with van der Waals surface area (Å²) < 4.78 is 37.2. The van der Waals surface area contributed by atoms with Gasteiger partial charge in [-0.05, 0) is 17.2 Å². The van der Waals surface area contributed by atoms with Crippen LogP contribution in [0.5, 0.6) is 0 Å². The highest BCUT2D eigenvalue weighted by Crippen LogP contribution is 2.30. The van der Waals surface area contributed by atoms with E-state index in [1.54, 1.807) is 6.08 Å². The van der Waals surface area contributed by atoms with E-state index in [1.807, 2.05) is 24.3 Å². The van der Waals surface area contributed by atoms with Gasteiger partial charge >= 0.3 is 6.18 Å². The molecule has 0 bridgehead atoms. The molecule has 1 nitrogen and oxygen atoms in total. The molecule has 0 spiro atoms. The molecule has 1 aromatic heterocycles. The second-order valence-electron chi connectivity index (χ2n) is 3.72. The molecule has 18 heavy (non-hydrogen) atoms. The highest BCUT2D eigenvalue weighted by molar-refractivity contribution is 5.74. The first-order valence-electron chi connectivity index (χ1n) is 5.27. The molecule has 1 aromatic carbocycles. The molecule has 0 aliphatic rings. The van der Waals surface area contributed by atoms with Crippen LogP contribution in [0.3, 0.4) is 0 Å². The van der Waals surface area contributed by atoms with Crippen molar-refractivity contribution in [2.24, 2.45) is 0 Å². The summed E-state index contributed by atoms with van der Waals surface area (Å²) in [7, 11) is 0. The van der Waals surface area contributed by atoms with Crippen molar-refractivity contribution in [1.82, 2.24) is 4.98 Å². The lowest BCUT2D eigenvalue weighted by Gasteiger charge is -2.08. The van der Waals surface area contributed by atoms with E-state index in [4.69, 9.17) is 0 Å². The van der Waals surface area contributed by atoms with Crippen LogP contribution >= 0.6 is 0 Å². The second-order valence-corrected chi connectivity index (χ2v) is 3.72. The molecule has 0 atom stereocenters. The van der Waals surface area contributed by atoms with E-state index in [0.717, 1.165) is 17.2 Å². The van der Waals surface area contributed by atoms with Crippen LogP contribution in [0.2, 0.25) is 0 Å². The van der Waals surface area contributed by atoms with E-state index in [-0.39, 0.29) is 0 Å². The molecule has 4 heteroatoms. The zero-order valence-electron chi connectivity index (χ0n) is 9.41. The van der Waals surface area contributed by atoms with Gasteiger partial charge in [0.05, 0.1) is 0 Å². The van der Waals surface area contributed by atoms with E-state index >= 15 is 0 Å². The van der Waals surface area contributed by atoms with Gasteiger partial charge in [-0.2, -0.15) is 13.2 Å². The Bertz CT molecular complexity index is 556. The fraction of sp³-hybridized carbons (Fsp3) is 0.0714. The summed E-state index contributed by atoms with van der Waals surface area (Å²) in [6.07, 6.45) is -1.52. The molecule has 2 aromatic rings. The standard InChI is InChI=1S/C14H10F3N/c1-2-10-5-3-4-6-12(10)11-7-8-13(18-9-11)14(15,16)17/h2-9H,1H2. The Morgan fingerprint density at radius 2 is 1.78 bits per heavy atom. The molecule has 0 unspecified atom stereocenters. The Hall–Kier alpha value is -2.10. The first kappa shape index (κ1) is 12.4. The molecule has 0 fully saturated rings. The monoisotopic (exact) mass is 249 g/mol. The number of rotatable bonds is 2. The molecule has 2 rings (SSSR count). The molecule has 0 aliphatic heterocycles. The summed E-state index contributed by atoms with van der Waals surface area (Å²) in [6, 6.07) is 9.73. The number of halogens is 3. The highest BCUT2D eigenvalue weighted by Gasteiger charge is 2.32. The number of nitrogens with zero attached hydrogens (tertiary/aromatic N) is 1. The van der Waals surface area contributed by atoms with Crippen molar-refractivity contribution in [3.63, 3.8) is 0 Å². The minimum atomic E-state index is -4.41. The Kier molecular flexibility index (Phi) is 3.19. The topological polar surface area (TPSA) is 12.9 Å². The maximum Gasteiger partial charge on any atom is 0.433 e. The van der Waals surface area contributed by atoms with Gasteiger partial charge in [-0.25, -0.2) is 0 Å². The van der Waals surface area contributed by atoms with Gasteiger partial charge in [-0.1, -0.05) is 43.0 Å². The predicted octanol–water partition coefficient (Wildman–Crippen LogP) is 4.41. The van der Waals surface area contributed by atoms with Crippen molar-refractivity contribution in [2.75, 3.05) is 0 Å². The molecular formula is C14H10F3N.